The lowest BCUT2D eigenvalue weighted by Gasteiger charge is -2.47. The number of hydrogen-bond donors (Lipinski definition) is 0. The van der Waals surface area contributed by atoms with E-state index in [2.05, 4.69) is 45.9 Å². The van der Waals surface area contributed by atoms with Gasteiger partial charge in [-0.2, -0.15) is 0 Å². The van der Waals surface area contributed by atoms with Gasteiger partial charge in [0, 0.05) is 17.3 Å². The van der Waals surface area contributed by atoms with E-state index >= 15 is 0 Å². The summed E-state index contributed by atoms with van der Waals surface area (Å²) in [6.45, 7) is 19.6. The maximum absolute atomic E-state index is 13.8. The fourth-order valence-corrected chi connectivity index (χ4v) is 11.2. The maximum atomic E-state index is 13.8. The van der Waals surface area contributed by atoms with Crippen LogP contribution in [-0.2, 0) is 27.9 Å². The fraction of sp³-hybridized carbons (Fsp3) is 0.846. The van der Waals surface area contributed by atoms with Gasteiger partial charge in [0.25, 0.3) is 0 Å². The molecule has 4 unspecified atom stereocenters. The number of methoxy groups -OCH3 is 1. The molecule has 0 aromatic carbocycles. The molecule has 0 amide bonds. The number of rotatable bonds is 5. The summed E-state index contributed by atoms with van der Waals surface area (Å²) in [7, 11) is -2.41. The lowest BCUT2D eigenvalue weighted by Crippen LogP contribution is -2.56. The summed E-state index contributed by atoms with van der Waals surface area (Å²) in [5.41, 5.74) is -0.822. The number of fused-ring (bicyclic) bond motifs is 1. The summed E-state index contributed by atoms with van der Waals surface area (Å²) in [6, 6.07) is 0. The van der Waals surface area contributed by atoms with E-state index < -0.39 is 39.0 Å². The van der Waals surface area contributed by atoms with Crippen molar-refractivity contribution in [3.8, 4) is 0 Å². The molecule has 0 aromatic rings. The molecule has 5 aliphatic rings. The van der Waals surface area contributed by atoms with Gasteiger partial charge in [-0.05, 0) is 89.8 Å². The first-order valence-corrected chi connectivity index (χ1v) is 19.8. The Balaban J connectivity index is 1.71. The zero-order valence-electron chi connectivity index (χ0n) is 22.2. The summed E-state index contributed by atoms with van der Waals surface area (Å²) >= 11 is 0. The molecule has 4 aliphatic carbocycles. The first kappa shape index (κ1) is 24.7. The molecular formula is C26H42O6Si2. The highest BCUT2D eigenvalue weighted by Crippen LogP contribution is 2.78. The Kier molecular flexibility index (Phi) is 5.30. The van der Waals surface area contributed by atoms with Gasteiger partial charge in [0.1, 0.15) is 5.60 Å². The molecule has 0 radical (unpaired) electrons. The second-order valence-corrected chi connectivity index (χ2v) is 22.6. The van der Waals surface area contributed by atoms with Crippen molar-refractivity contribution in [1.29, 1.82) is 0 Å². The molecule has 1 spiro atoms. The molecular weight excluding hydrogens is 464 g/mol. The molecule has 34 heavy (non-hydrogen) atoms. The first-order valence-electron chi connectivity index (χ1n) is 13.0. The lowest BCUT2D eigenvalue weighted by atomic mass is 9.59. The summed E-state index contributed by atoms with van der Waals surface area (Å²) < 4.78 is 25.6. The molecule has 1 saturated heterocycles. The largest absolute Gasteiger partial charge is 0.469 e. The molecule has 4 saturated carbocycles. The molecule has 6 nitrogen and oxygen atoms in total. The van der Waals surface area contributed by atoms with Crippen LogP contribution in [0.4, 0.5) is 0 Å². The number of carbonyl (C=O) groups excluding carboxylic acids is 2. The molecule has 8 heteroatoms. The van der Waals surface area contributed by atoms with Crippen LogP contribution in [0.3, 0.4) is 0 Å². The van der Waals surface area contributed by atoms with Crippen molar-refractivity contribution < 1.29 is 27.9 Å². The standard InChI is InChI=1S/C26H42O6Si2/c1-15-16-10-11-17-25(14-16,21(15)32-34(7,8)9)19(22(27)29-3)20-24(2)18(31-33(4,5)6)12-13-26(17,20)30-23(24)28/h16-21H,1,10-14H2,2-9H3/t16-,17?,18+,19?,20?,21-,24?,25-,26-/m1/s1. The van der Waals surface area contributed by atoms with Gasteiger partial charge in [-0.3, -0.25) is 9.59 Å². The van der Waals surface area contributed by atoms with Crippen LogP contribution in [0.5, 0.6) is 0 Å². The molecule has 4 bridgehead atoms. The smallest absolute Gasteiger partial charge is 0.315 e. The van der Waals surface area contributed by atoms with Crippen LogP contribution in [0.15, 0.2) is 12.2 Å². The average molecular weight is 507 g/mol. The normalized spacial score (nSPS) is 47.3. The van der Waals surface area contributed by atoms with Crippen molar-refractivity contribution in [3.05, 3.63) is 12.2 Å². The maximum Gasteiger partial charge on any atom is 0.315 e. The van der Waals surface area contributed by atoms with Gasteiger partial charge in [0.2, 0.25) is 0 Å². The number of esters is 2. The summed E-state index contributed by atoms with van der Waals surface area (Å²) in [5.74, 6) is -0.729. The third-order valence-corrected chi connectivity index (χ3v) is 11.6. The van der Waals surface area contributed by atoms with Crippen molar-refractivity contribution in [2.45, 2.75) is 96.1 Å². The minimum absolute atomic E-state index is 0.0737. The molecule has 0 N–H and O–H groups in total. The van der Waals surface area contributed by atoms with Crippen molar-refractivity contribution >= 4 is 28.6 Å². The minimum atomic E-state index is -1.95. The van der Waals surface area contributed by atoms with Gasteiger partial charge < -0.3 is 18.3 Å². The van der Waals surface area contributed by atoms with Gasteiger partial charge >= 0.3 is 11.9 Å². The SMILES string of the molecule is C=C1[C@@H]2CCC3[C@@]45CC[C@H](O[Si](C)(C)C)C(C)(C(=O)O4)C5C(C(=O)OC)[C@]3(C2)[C@@H]1O[Si](C)(C)C. The first-order chi connectivity index (χ1) is 15.6. The van der Waals surface area contributed by atoms with Crippen LogP contribution in [0.1, 0.15) is 39.0 Å². The van der Waals surface area contributed by atoms with Gasteiger partial charge in [-0.15, -0.1) is 0 Å². The Morgan fingerprint density at radius 1 is 1.06 bits per heavy atom. The minimum Gasteiger partial charge on any atom is -0.469 e. The molecule has 190 valence electrons. The summed E-state index contributed by atoms with van der Waals surface area (Å²) in [4.78, 5) is 27.5. The Hall–Kier alpha value is -0.966. The second kappa shape index (κ2) is 7.29. The molecule has 1 heterocycles. The monoisotopic (exact) mass is 506 g/mol. The Morgan fingerprint density at radius 3 is 2.29 bits per heavy atom. The van der Waals surface area contributed by atoms with Crippen LogP contribution in [0.2, 0.25) is 39.3 Å². The number of ether oxygens (including phenoxy) is 2. The zero-order chi connectivity index (χ0) is 25.1. The molecule has 5 fully saturated rings. The van der Waals surface area contributed by atoms with Crippen LogP contribution >= 0.6 is 0 Å². The number of carbonyl (C=O) groups is 2. The van der Waals surface area contributed by atoms with Crippen LogP contribution in [-0.4, -0.2) is 53.5 Å². The van der Waals surface area contributed by atoms with E-state index in [9.17, 15) is 9.59 Å². The van der Waals surface area contributed by atoms with Crippen LogP contribution < -0.4 is 0 Å². The van der Waals surface area contributed by atoms with Crippen molar-refractivity contribution in [2.75, 3.05) is 7.11 Å². The number of hydrogen-bond acceptors (Lipinski definition) is 6. The van der Waals surface area contributed by atoms with Crippen molar-refractivity contribution in [3.63, 3.8) is 0 Å². The van der Waals surface area contributed by atoms with Crippen LogP contribution in [0.25, 0.3) is 0 Å². The Bertz CT molecular complexity index is 937. The Labute approximate surface area is 206 Å². The fourth-order valence-electron chi connectivity index (χ4n) is 8.88. The van der Waals surface area contributed by atoms with E-state index in [0.717, 1.165) is 37.7 Å². The molecule has 1 aliphatic heterocycles. The predicted octanol–water partition coefficient (Wildman–Crippen LogP) is 4.91. The van der Waals surface area contributed by atoms with Gasteiger partial charge in [0.05, 0.1) is 30.7 Å². The zero-order valence-corrected chi connectivity index (χ0v) is 24.2. The van der Waals surface area contributed by atoms with Crippen molar-refractivity contribution in [2.24, 2.45) is 34.5 Å². The highest BCUT2D eigenvalue weighted by molar-refractivity contribution is 6.70. The highest BCUT2D eigenvalue weighted by Gasteiger charge is 2.85. The summed E-state index contributed by atoms with van der Waals surface area (Å²) in [6.07, 6.45) is 3.91. The highest BCUT2D eigenvalue weighted by atomic mass is 28.4. The lowest BCUT2D eigenvalue weighted by molar-refractivity contribution is -0.167. The van der Waals surface area contributed by atoms with E-state index in [1.54, 1.807) is 0 Å². The molecule has 9 atom stereocenters. The van der Waals surface area contributed by atoms with Gasteiger partial charge in [-0.1, -0.05) is 6.58 Å². The molecule has 5 rings (SSSR count). The summed E-state index contributed by atoms with van der Waals surface area (Å²) in [5, 5.41) is 0. The average Bonchev–Trinajstić information content (AvgIpc) is 3.16. The van der Waals surface area contributed by atoms with E-state index in [1.165, 1.54) is 7.11 Å². The van der Waals surface area contributed by atoms with E-state index in [1.807, 2.05) is 6.92 Å². The topological polar surface area (TPSA) is 71.1 Å². The quantitative estimate of drug-likeness (QED) is 0.300. The second-order valence-electron chi connectivity index (χ2n) is 13.7. The van der Waals surface area contributed by atoms with E-state index in [0.29, 0.717) is 5.92 Å². The predicted molar refractivity (Wildman–Crippen MR) is 134 cm³/mol. The van der Waals surface area contributed by atoms with E-state index in [4.69, 9.17) is 18.3 Å². The molecule has 0 aromatic heterocycles. The van der Waals surface area contributed by atoms with E-state index in [-0.39, 0.29) is 36.0 Å². The Morgan fingerprint density at radius 2 is 1.71 bits per heavy atom. The van der Waals surface area contributed by atoms with Gasteiger partial charge in [0.15, 0.2) is 16.6 Å². The van der Waals surface area contributed by atoms with Gasteiger partial charge in [-0.25, -0.2) is 0 Å². The third-order valence-electron chi connectivity index (χ3n) is 9.69. The van der Waals surface area contributed by atoms with Crippen molar-refractivity contribution in [1.82, 2.24) is 0 Å². The third kappa shape index (κ3) is 3.04. The van der Waals surface area contributed by atoms with Crippen LogP contribution in [0, 0.1) is 34.5 Å².